The Morgan fingerprint density at radius 1 is 0.974 bits per heavy atom. The maximum absolute atomic E-state index is 12.5. The first-order chi connectivity index (χ1) is 18.3. The fourth-order valence-corrected chi connectivity index (χ4v) is 10.4. The van der Waals surface area contributed by atoms with Crippen LogP contribution < -0.4 is 0 Å². The third kappa shape index (κ3) is 5.13. The van der Waals surface area contributed by atoms with Gasteiger partial charge in [0.05, 0.1) is 18.6 Å². The molecule has 220 valence electrons. The highest BCUT2D eigenvalue weighted by Gasteiger charge is 2.67. The van der Waals surface area contributed by atoms with E-state index in [0.29, 0.717) is 12.8 Å². The molecule has 1 aliphatic heterocycles. The van der Waals surface area contributed by atoms with Crippen molar-refractivity contribution in [2.24, 2.45) is 46.3 Å². The zero-order valence-corrected chi connectivity index (χ0v) is 24.3. The monoisotopic (exact) mass is 548 g/mol. The van der Waals surface area contributed by atoms with Gasteiger partial charge in [0, 0.05) is 31.6 Å². The fourth-order valence-electron chi connectivity index (χ4n) is 10.4. The molecule has 5 rings (SSSR count). The maximum Gasteiger partial charge on any atom is 0.308 e. The molecule has 8 heteroatoms. The van der Waals surface area contributed by atoms with Crippen molar-refractivity contribution in [3.05, 3.63) is 0 Å². The van der Waals surface area contributed by atoms with Crippen LogP contribution in [0.25, 0.3) is 0 Å². The van der Waals surface area contributed by atoms with E-state index in [1.54, 1.807) is 0 Å². The van der Waals surface area contributed by atoms with E-state index >= 15 is 0 Å². The highest BCUT2D eigenvalue weighted by Crippen LogP contribution is 2.69. The number of esters is 3. The molecule has 0 aromatic heterocycles. The molecule has 5 fully saturated rings. The number of fused-ring (bicyclic) bond motifs is 5. The molecule has 13 atom stereocenters. The topological polar surface area (TPSA) is 119 Å². The van der Waals surface area contributed by atoms with Crippen molar-refractivity contribution in [2.75, 3.05) is 0 Å². The van der Waals surface area contributed by atoms with Gasteiger partial charge >= 0.3 is 17.9 Å². The zero-order chi connectivity index (χ0) is 28.3. The van der Waals surface area contributed by atoms with Crippen molar-refractivity contribution in [1.29, 1.82) is 0 Å². The van der Waals surface area contributed by atoms with Crippen LogP contribution in [0.15, 0.2) is 0 Å². The molecule has 4 saturated carbocycles. The average Bonchev–Trinajstić information content (AvgIpc) is 3.17. The van der Waals surface area contributed by atoms with Gasteiger partial charge in [-0.1, -0.05) is 20.8 Å². The molecule has 39 heavy (non-hydrogen) atoms. The summed E-state index contributed by atoms with van der Waals surface area (Å²) in [6, 6.07) is 0. The average molecular weight is 549 g/mol. The summed E-state index contributed by atoms with van der Waals surface area (Å²) in [7, 11) is 0. The predicted molar refractivity (Wildman–Crippen MR) is 142 cm³/mol. The van der Waals surface area contributed by atoms with Gasteiger partial charge in [0.15, 0.2) is 0 Å². The number of rotatable bonds is 5. The maximum atomic E-state index is 12.5. The fraction of sp³-hybridized carbons (Fsp3) is 0.903. The van der Waals surface area contributed by atoms with Crippen molar-refractivity contribution >= 4 is 17.9 Å². The summed E-state index contributed by atoms with van der Waals surface area (Å²) in [5.41, 5.74) is -0.310. The zero-order valence-electron chi connectivity index (χ0n) is 24.3. The third-order valence-electron chi connectivity index (χ3n) is 12.0. The van der Waals surface area contributed by atoms with Crippen LogP contribution in [0.5, 0.6) is 0 Å². The number of hydrogen-bond donors (Lipinski definition) is 2. The molecule has 0 spiro atoms. The van der Waals surface area contributed by atoms with Gasteiger partial charge in [-0.3, -0.25) is 14.4 Å². The van der Waals surface area contributed by atoms with Crippen LogP contribution in [0.2, 0.25) is 0 Å². The van der Waals surface area contributed by atoms with E-state index < -0.39 is 6.10 Å². The van der Waals surface area contributed by atoms with Crippen LogP contribution in [-0.4, -0.2) is 58.6 Å². The molecule has 1 heterocycles. The number of carbonyl (C=O) groups is 3. The van der Waals surface area contributed by atoms with Gasteiger partial charge < -0.3 is 24.4 Å². The molecular weight excluding hydrogens is 500 g/mol. The Kier molecular flexibility index (Phi) is 7.86. The van der Waals surface area contributed by atoms with E-state index in [4.69, 9.17) is 14.2 Å². The molecule has 0 amide bonds. The molecule has 8 nitrogen and oxygen atoms in total. The molecular formula is C31H48O8. The second-order valence-electron chi connectivity index (χ2n) is 14.1. The highest BCUT2D eigenvalue weighted by atomic mass is 16.6. The Hall–Kier alpha value is -1.67. The summed E-state index contributed by atoms with van der Waals surface area (Å²) in [4.78, 5) is 36.8. The number of aliphatic hydroxyl groups excluding tert-OH is 2. The summed E-state index contributed by atoms with van der Waals surface area (Å²) in [6.45, 7) is 9.82. The van der Waals surface area contributed by atoms with E-state index in [0.717, 1.165) is 44.9 Å². The Morgan fingerprint density at radius 2 is 1.69 bits per heavy atom. The number of cyclic esters (lactones) is 1. The van der Waals surface area contributed by atoms with Crippen LogP contribution in [0.1, 0.15) is 98.8 Å². The van der Waals surface area contributed by atoms with E-state index in [2.05, 4.69) is 20.8 Å². The summed E-state index contributed by atoms with van der Waals surface area (Å²) in [5.74, 6) is 0.458. The van der Waals surface area contributed by atoms with E-state index in [-0.39, 0.29) is 95.1 Å². The Morgan fingerprint density at radius 3 is 2.36 bits per heavy atom. The van der Waals surface area contributed by atoms with Crippen LogP contribution >= 0.6 is 0 Å². The van der Waals surface area contributed by atoms with Crippen LogP contribution in [0, 0.1) is 46.3 Å². The first-order valence-electron chi connectivity index (χ1n) is 15.2. The summed E-state index contributed by atoms with van der Waals surface area (Å²) in [6.07, 6.45) is 5.32. The summed E-state index contributed by atoms with van der Waals surface area (Å²) >= 11 is 0. The van der Waals surface area contributed by atoms with E-state index in [9.17, 15) is 24.6 Å². The summed E-state index contributed by atoms with van der Waals surface area (Å²) in [5, 5.41) is 20.7. The quantitative estimate of drug-likeness (QED) is 0.388. The van der Waals surface area contributed by atoms with Gasteiger partial charge in [-0.25, -0.2) is 0 Å². The molecule has 0 bridgehead atoms. The molecule has 5 aliphatic rings. The van der Waals surface area contributed by atoms with Gasteiger partial charge in [0.2, 0.25) is 0 Å². The van der Waals surface area contributed by atoms with E-state index in [1.807, 2.05) is 0 Å². The Labute approximate surface area is 232 Å². The lowest BCUT2D eigenvalue weighted by Gasteiger charge is -2.64. The minimum atomic E-state index is -0.658. The molecule has 0 aromatic carbocycles. The first kappa shape index (κ1) is 28.8. The van der Waals surface area contributed by atoms with Gasteiger partial charge in [-0.05, 0) is 86.4 Å². The minimum absolute atomic E-state index is 0.00356. The lowest BCUT2D eigenvalue weighted by Crippen LogP contribution is -2.63. The Balaban J connectivity index is 1.48. The second-order valence-corrected chi connectivity index (χ2v) is 14.1. The smallest absolute Gasteiger partial charge is 0.308 e. The van der Waals surface area contributed by atoms with Gasteiger partial charge in [-0.15, -0.1) is 0 Å². The molecule has 1 saturated heterocycles. The third-order valence-corrected chi connectivity index (χ3v) is 12.0. The van der Waals surface area contributed by atoms with Gasteiger partial charge in [-0.2, -0.15) is 0 Å². The minimum Gasteiger partial charge on any atom is -0.462 e. The van der Waals surface area contributed by atoms with Crippen molar-refractivity contribution in [1.82, 2.24) is 0 Å². The Bertz CT molecular complexity index is 966. The molecule has 0 aromatic rings. The van der Waals surface area contributed by atoms with E-state index in [1.165, 1.54) is 13.8 Å². The largest absolute Gasteiger partial charge is 0.462 e. The number of aliphatic hydroxyl groups is 2. The van der Waals surface area contributed by atoms with Gasteiger partial charge in [0.1, 0.15) is 18.3 Å². The van der Waals surface area contributed by atoms with Crippen molar-refractivity contribution in [3.8, 4) is 0 Å². The molecule has 4 aliphatic carbocycles. The van der Waals surface area contributed by atoms with Crippen LogP contribution in [-0.2, 0) is 28.6 Å². The lowest BCUT2D eigenvalue weighted by atomic mass is 9.43. The van der Waals surface area contributed by atoms with Crippen LogP contribution in [0.3, 0.4) is 0 Å². The number of ether oxygens (including phenoxy) is 3. The molecule has 0 radical (unpaired) electrons. The lowest BCUT2D eigenvalue weighted by molar-refractivity contribution is -0.224. The van der Waals surface area contributed by atoms with Gasteiger partial charge in [0.25, 0.3) is 0 Å². The predicted octanol–water partition coefficient (Wildman–Crippen LogP) is 4.18. The first-order valence-corrected chi connectivity index (χ1v) is 15.2. The SMILES string of the molecule is CC(=O)O[C@H]1C[C@H]2[C@@H]([C@H](OC(C)=O)C[C@@H]3C[C@H](O)CC[C@@]32C)[C@@H]2CCC(C(C)CC3CC(O)CC(=O)O3)[C@@]12C. The standard InChI is InChI=1S/C31H48O8/c1-16(10-22-13-21(35)14-28(36)39-22)23-6-7-24-29-25(15-27(31(23,24)5)38-18(3)33)30(4)9-8-20(34)11-19(30)12-26(29)37-17(2)32/h16,19-27,29,34-35H,6-15H2,1-5H3/t16?,19-,20+,21?,22?,23?,24-,25-,26+,27-,29-,30-,31+/m0/s1. The van der Waals surface area contributed by atoms with Crippen LogP contribution in [0.4, 0.5) is 0 Å². The number of hydrogen-bond acceptors (Lipinski definition) is 8. The normalized spacial score (nSPS) is 48.1. The van der Waals surface area contributed by atoms with Crippen molar-refractivity contribution in [2.45, 2.75) is 129 Å². The number of carbonyl (C=O) groups excluding carboxylic acids is 3. The second kappa shape index (κ2) is 10.6. The van der Waals surface area contributed by atoms with Crippen molar-refractivity contribution < 1.29 is 38.8 Å². The molecule has 4 unspecified atom stereocenters. The highest BCUT2D eigenvalue weighted by molar-refractivity contribution is 5.71. The summed E-state index contributed by atoms with van der Waals surface area (Å²) < 4.78 is 17.9. The molecule has 2 N–H and O–H groups in total. The van der Waals surface area contributed by atoms with Crippen molar-refractivity contribution in [3.63, 3.8) is 0 Å².